The average Bonchev–Trinajstić information content (AvgIpc) is 2.11. The molecule has 4 aliphatic carbocycles. The maximum absolute atomic E-state index is 6.14. The molecule has 0 aromatic rings. The topological polar surface area (TPSA) is 26.0 Å². The van der Waals surface area contributed by atoms with E-state index >= 15 is 0 Å². The molecule has 0 spiro atoms. The smallest absolute Gasteiger partial charge is 0.0188 e. The maximum Gasteiger partial charge on any atom is 0.0188 e. The molecular formula is C14H25NS. The van der Waals surface area contributed by atoms with Gasteiger partial charge in [-0.25, -0.2) is 0 Å². The molecule has 0 atom stereocenters. The van der Waals surface area contributed by atoms with Crippen molar-refractivity contribution in [3.63, 3.8) is 0 Å². The monoisotopic (exact) mass is 239 g/mol. The van der Waals surface area contributed by atoms with Crippen LogP contribution in [0, 0.1) is 17.8 Å². The summed E-state index contributed by atoms with van der Waals surface area (Å²) in [6, 6.07) is 0. The van der Waals surface area contributed by atoms with E-state index in [2.05, 4.69) is 25.6 Å². The van der Waals surface area contributed by atoms with Gasteiger partial charge in [-0.15, -0.1) is 0 Å². The minimum Gasteiger partial charge on any atom is -0.325 e. The minimum atomic E-state index is 0.00793. The Morgan fingerprint density at radius 2 is 1.50 bits per heavy atom. The zero-order chi connectivity index (χ0) is 11.4. The highest BCUT2D eigenvalue weighted by atomic mass is 32.2. The molecule has 0 aromatic carbocycles. The van der Waals surface area contributed by atoms with Crippen LogP contribution in [-0.2, 0) is 0 Å². The number of rotatable bonds is 3. The Morgan fingerprint density at radius 1 is 1.06 bits per heavy atom. The van der Waals surface area contributed by atoms with Crippen molar-refractivity contribution in [1.82, 2.24) is 0 Å². The largest absolute Gasteiger partial charge is 0.325 e. The molecule has 4 saturated carbocycles. The molecule has 16 heavy (non-hydrogen) atoms. The van der Waals surface area contributed by atoms with Crippen LogP contribution in [0.2, 0.25) is 0 Å². The van der Waals surface area contributed by atoms with Crippen molar-refractivity contribution in [2.75, 3.05) is 5.75 Å². The van der Waals surface area contributed by atoms with Gasteiger partial charge in [0.25, 0.3) is 0 Å². The predicted molar refractivity (Wildman–Crippen MR) is 71.6 cm³/mol. The van der Waals surface area contributed by atoms with Crippen LogP contribution in [-0.4, -0.2) is 16.0 Å². The lowest BCUT2D eigenvalue weighted by Gasteiger charge is -2.56. The van der Waals surface area contributed by atoms with Crippen molar-refractivity contribution in [3.05, 3.63) is 0 Å². The summed E-state index contributed by atoms with van der Waals surface area (Å²) in [6.45, 7) is 4.33. The third-order valence-corrected chi connectivity index (χ3v) is 6.73. The summed E-state index contributed by atoms with van der Waals surface area (Å²) in [6.07, 6.45) is 9.14. The van der Waals surface area contributed by atoms with Gasteiger partial charge in [-0.2, -0.15) is 11.8 Å². The molecule has 1 nitrogen and oxygen atoms in total. The van der Waals surface area contributed by atoms with E-state index in [1.165, 1.54) is 19.3 Å². The molecule has 0 aliphatic heterocycles. The summed E-state index contributed by atoms with van der Waals surface area (Å²) in [4.78, 5) is 0. The first-order chi connectivity index (χ1) is 7.44. The van der Waals surface area contributed by atoms with Crippen molar-refractivity contribution in [2.45, 2.75) is 62.7 Å². The third-order valence-electron chi connectivity index (χ3n) is 4.73. The summed E-state index contributed by atoms with van der Waals surface area (Å²) < 4.78 is 0.644. The first-order valence-electron chi connectivity index (χ1n) is 6.87. The molecule has 0 saturated heterocycles. The fraction of sp³-hybridized carbons (Fsp3) is 1.00. The Bertz CT molecular complexity index is 244. The zero-order valence-electron chi connectivity index (χ0n) is 10.7. The van der Waals surface area contributed by atoms with E-state index in [4.69, 9.17) is 5.73 Å². The predicted octanol–water partition coefficient (Wildman–Crippen LogP) is 3.43. The molecule has 92 valence electrons. The maximum atomic E-state index is 6.14. The molecule has 4 fully saturated rings. The molecule has 0 radical (unpaired) electrons. The van der Waals surface area contributed by atoms with Crippen LogP contribution < -0.4 is 5.73 Å². The molecule has 0 amide bonds. The highest BCUT2D eigenvalue weighted by Gasteiger charge is 2.51. The summed E-state index contributed by atoms with van der Waals surface area (Å²) in [5.74, 6) is 4.35. The van der Waals surface area contributed by atoms with Crippen molar-refractivity contribution in [1.29, 1.82) is 0 Å². The van der Waals surface area contributed by atoms with E-state index in [9.17, 15) is 0 Å². The van der Waals surface area contributed by atoms with Crippen molar-refractivity contribution in [3.8, 4) is 0 Å². The van der Waals surface area contributed by atoms with Gasteiger partial charge in [0.2, 0.25) is 0 Å². The lowest BCUT2D eigenvalue weighted by Crippen LogP contribution is -2.50. The Labute approximate surface area is 104 Å². The number of hydrogen-bond acceptors (Lipinski definition) is 2. The first kappa shape index (κ1) is 11.4. The van der Waals surface area contributed by atoms with Gasteiger partial charge in [0.05, 0.1) is 0 Å². The van der Waals surface area contributed by atoms with Crippen molar-refractivity contribution in [2.24, 2.45) is 23.5 Å². The van der Waals surface area contributed by atoms with E-state index < -0.39 is 0 Å². The van der Waals surface area contributed by atoms with Crippen LogP contribution in [0.15, 0.2) is 0 Å². The standard InChI is InChI=1S/C14H25NS/c1-13(2,15)9-16-14-6-10-3-11(7-14)5-12(4-10)8-14/h10-12H,3-9,15H2,1-2H3. The fourth-order valence-electron chi connectivity index (χ4n) is 4.55. The minimum absolute atomic E-state index is 0.00793. The van der Waals surface area contributed by atoms with Crippen LogP contribution >= 0.6 is 11.8 Å². The van der Waals surface area contributed by atoms with Crippen LogP contribution in [0.3, 0.4) is 0 Å². The first-order valence-corrected chi connectivity index (χ1v) is 7.86. The van der Waals surface area contributed by atoms with Gasteiger partial charge in [0.1, 0.15) is 0 Å². The second-order valence-corrected chi connectivity index (χ2v) is 8.82. The van der Waals surface area contributed by atoms with E-state index in [1.807, 2.05) is 0 Å². The number of hydrogen-bond donors (Lipinski definition) is 1. The molecule has 4 rings (SSSR count). The second-order valence-electron chi connectivity index (χ2n) is 7.38. The van der Waals surface area contributed by atoms with Gasteiger partial charge in [-0.3, -0.25) is 0 Å². The highest BCUT2D eigenvalue weighted by molar-refractivity contribution is 8.00. The molecule has 0 unspecified atom stereocenters. The van der Waals surface area contributed by atoms with Gasteiger partial charge < -0.3 is 5.73 Å². The van der Waals surface area contributed by atoms with Crippen LogP contribution in [0.1, 0.15) is 52.4 Å². The second kappa shape index (κ2) is 3.65. The van der Waals surface area contributed by atoms with E-state index in [-0.39, 0.29) is 5.54 Å². The third kappa shape index (κ3) is 2.15. The van der Waals surface area contributed by atoms with Gasteiger partial charge >= 0.3 is 0 Å². The van der Waals surface area contributed by atoms with Crippen LogP contribution in [0.5, 0.6) is 0 Å². The highest BCUT2D eigenvalue weighted by Crippen LogP contribution is 2.60. The van der Waals surface area contributed by atoms with Gasteiger partial charge in [0.15, 0.2) is 0 Å². The molecular weight excluding hydrogens is 214 g/mol. The molecule has 2 heteroatoms. The quantitative estimate of drug-likeness (QED) is 0.816. The SMILES string of the molecule is CC(C)(N)CSC12CC3CC(CC(C3)C1)C2. The fourth-order valence-corrected chi connectivity index (χ4v) is 6.29. The van der Waals surface area contributed by atoms with Gasteiger partial charge in [0, 0.05) is 16.0 Å². The summed E-state index contributed by atoms with van der Waals surface area (Å²) in [5, 5.41) is 0. The molecule has 0 heterocycles. The molecule has 4 aliphatic rings. The average molecular weight is 239 g/mol. The van der Waals surface area contributed by atoms with Gasteiger partial charge in [-0.05, 0) is 70.1 Å². The van der Waals surface area contributed by atoms with Gasteiger partial charge in [-0.1, -0.05) is 0 Å². The Kier molecular flexibility index (Phi) is 2.60. The molecule has 0 aromatic heterocycles. The normalized spacial score (nSPS) is 46.3. The van der Waals surface area contributed by atoms with Crippen LogP contribution in [0.4, 0.5) is 0 Å². The lowest BCUT2D eigenvalue weighted by molar-refractivity contribution is 0.0382. The summed E-state index contributed by atoms with van der Waals surface area (Å²) in [5.41, 5.74) is 6.15. The number of nitrogens with two attached hydrogens (primary N) is 1. The number of thioether (sulfide) groups is 1. The Balaban J connectivity index is 1.69. The van der Waals surface area contributed by atoms with Crippen molar-refractivity contribution < 1.29 is 0 Å². The molecule has 4 bridgehead atoms. The Morgan fingerprint density at radius 3 is 1.88 bits per heavy atom. The van der Waals surface area contributed by atoms with E-state index in [0.29, 0.717) is 4.75 Å². The van der Waals surface area contributed by atoms with Crippen molar-refractivity contribution >= 4 is 11.8 Å². The summed E-state index contributed by atoms with van der Waals surface area (Å²) in [7, 11) is 0. The zero-order valence-corrected chi connectivity index (χ0v) is 11.5. The Hall–Kier alpha value is 0.310. The van der Waals surface area contributed by atoms with Crippen LogP contribution in [0.25, 0.3) is 0 Å². The lowest BCUT2D eigenvalue weighted by atomic mass is 9.56. The molecule has 2 N–H and O–H groups in total. The summed E-state index contributed by atoms with van der Waals surface area (Å²) >= 11 is 2.22. The van der Waals surface area contributed by atoms with E-state index in [1.54, 1.807) is 19.3 Å². The van der Waals surface area contributed by atoms with E-state index in [0.717, 1.165) is 23.5 Å².